The Morgan fingerprint density at radius 2 is 2.00 bits per heavy atom. The van der Waals surface area contributed by atoms with Gasteiger partial charge in [0.15, 0.2) is 0 Å². The Morgan fingerprint density at radius 3 is 2.69 bits per heavy atom. The lowest BCUT2D eigenvalue weighted by Gasteiger charge is -2.13. The number of alkyl halides is 3. The Bertz CT molecular complexity index is 346. The van der Waals surface area contributed by atoms with Crippen LogP contribution in [0.3, 0.4) is 0 Å². The van der Waals surface area contributed by atoms with Crippen LogP contribution < -0.4 is 5.32 Å². The first kappa shape index (κ1) is 11.9. The molecule has 1 aromatic heterocycles. The number of rotatable bonds is 1. The summed E-state index contributed by atoms with van der Waals surface area (Å²) < 4.78 is 37.7. The van der Waals surface area contributed by atoms with Gasteiger partial charge in [-0.05, 0) is 44.5 Å². The second kappa shape index (κ2) is 4.37. The fraction of sp³-hybridized carbons (Fsp3) is 0.636. The summed E-state index contributed by atoms with van der Waals surface area (Å²) in [6, 6.07) is 1.74. The van der Waals surface area contributed by atoms with Crippen LogP contribution >= 0.6 is 11.3 Å². The van der Waals surface area contributed by atoms with Crippen molar-refractivity contribution in [3.8, 4) is 0 Å². The first-order chi connectivity index (χ1) is 7.48. The van der Waals surface area contributed by atoms with Crippen LogP contribution in [0.4, 0.5) is 13.2 Å². The summed E-state index contributed by atoms with van der Waals surface area (Å²) in [6.07, 6.45) is -2.43. The van der Waals surface area contributed by atoms with Crippen LogP contribution in [0.25, 0.3) is 0 Å². The lowest BCUT2D eigenvalue weighted by molar-refractivity contribution is -0.145. The summed E-state index contributed by atoms with van der Waals surface area (Å²) in [4.78, 5) is 1.58. The molecule has 2 rings (SSSR count). The van der Waals surface area contributed by atoms with Crippen molar-refractivity contribution in [1.29, 1.82) is 0 Å². The van der Waals surface area contributed by atoms with E-state index in [1.807, 2.05) is 0 Å². The lowest BCUT2D eigenvalue weighted by atomic mass is 10.1. The first-order valence-corrected chi connectivity index (χ1v) is 6.19. The smallest absolute Gasteiger partial charge is 0.316 e. The molecule has 5 heteroatoms. The lowest BCUT2D eigenvalue weighted by Crippen LogP contribution is -2.17. The van der Waals surface area contributed by atoms with E-state index in [-0.39, 0.29) is 0 Å². The molecule has 1 N–H and O–H groups in total. The minimum Gasteiger partial charge on any atom is -0.316 e. The quantitative estimate of drug-likeness (QED) is 0.806. The SMILES string of the molecule is C[C@@H](c1cc2c(s1)CCNCC2)C(F)(F)F. The highest BCUT2D eigenvalue weighted by atomic mass is 32.1. The standard InChI is InChI=1S/C11H14F3NS/c1-7(11(12,13)14)10-6-8-2-4-15-5-3-9(8)16-10/h6-7,15H,2-5H2,1H3/t7-/m0/s1. The predicted molar refractivity (Wildman–Crippen MR) is 59.1 cm³/mol. The maximum atomic E-state index is 12.6. The van der Waals surface area contributed by atoms with Crippen LogP contribution in [0.5, 0.6) is 0 Å². The van der Waals surface area contributed by atoms with E-state index in [1.54, 1.807) is 6.07 Å². The zero-order valence-electron chi connectivity index (χ0n) is 9.03. The summed E-state index contributed by atoms with van der Waals surface area (Å²) in [5.74, 6) is -1.34. The van der Waals surface area contributed by atoms with Crippen LogP contribution in [0.2, 0.25) is 0 Å². The van der Waals surface area contributed by atoms with Gasteiger partial charge in [-0.2, -0.15) is 13.2 Å². The highest BCUT2D eigenvalue weighted by molar-refractivity contribution is 7.12. The minimum absolute atomic E-state index is 0.458. The van der Waals surface area contributed by atoms with Crippen molar-refractivity contribution >= 4 is 11.3 Å². The highest BCUT2D eigenvalue weighted by Crippen LogP contribution is 2.39. The summed E-state index contributed by atoms with van der Waals surface area (Å²) in [5, 5.41) is 3.24. The number of thiophene rings is 1. The van der Waals surface area contributed by atoms with Crippen LogP contribution in [-0.2, 0) is 12.8 Å². The summed E-state index contributed by atoms with van der Waals surface area (Å²) in [5.41, 5.74) is 1.10. The van der Waals surface area contributed by atoms with E-state index in [2.05, 4.69) is 5.32 Å². The molecule has 0 amide bonds. The third-order valence-electron chi connectivity index (χ3n) is 2.93. The molecule has 0 saturated heterocycles. The van der Waals surface area contributed by atoms with Crippen molar-refractivity contribution in [2.45, 2.75) is 31.9 Å². The summed E-state index contributed by atoms with van der Waals surface area (Å²) in [7, 11) is 0. The Morgan fingerprint density at radius 1 is 1.31 bits per heavy atom. The normalized spacial score (nSPS) is 19.0. The van der Waals surface area contributed by atoms with Gasteiger partial charge in [0.1, 0.15) is 0 Å². The second-order valence-electron chi connectivity index (χ2n) is 4.11. The van der Waals surface area contributed by atoms with Crippen molar-refractivity contribution in [2.75, 3.05) is 13.1 Å². The second-order valence-corrected chi connectivity index (χ2v) is 5.28. The van der Waals surface area contributed by atoms with Gasteiger partial charge in [0.25, 0.3) is 0 Å². The van der Waals surface area contributed by atoms with Gasteiger partial charge in [-0.1, -0.05) is 0 Å². The maximum absolute atomic E-state index is 12.6. The zero-order chi connectivity index (χ0) is 11.8. The average molecular weight is 249 g/mol. The molecule has 0 bridgehead atoms. The molecule has 0 aromatic carbocycles. The molecule has 1 aliphatic rings. The van der Waals surface area contributed by atoms with Crippen molar-refractivity contribution in [2.24, 2.45) is 0 Å². The van der Waals surface area contributed by atoms with E-state index >= 15 is 0 Å². The first-order valence-electron chi connectivity index (χ1n) is 5.37. The minimum atomic E-state index is -4.12. The van der Waals surface area contributed by atoms with Crippen LogP contribution in [0.15, 0.2) is 6.07 Å². The monoisotopic (exact) mass is 249 g/mol. The van der Waals surface area contributed by atoms with Crippen LogP contribution in [0.1, 0.15) is 28.2 Å². The molecule has 0 saturated carbocycles. The van der Waals surface area contributed by atoms with Crippen molar-refractivity contribution in [3.05, 3.63) is 21.4 Å². The molecule has 0 radical (unpaired) electrons. The highest BCUT2D eigenvalue weighted by Gasteiger charge is 2.38. The van der Waals surface area contributed by atoms with E-state index in [1.165, 1.54) is 18.3 Å². The maximum Gasteiger partial charge on any atom is 0.396 e. The molecule has 1 nitrogen and oxygen atoms in total. The van der Waals surface area contributed by atoms with E-state index in [0.29, 0.717) is 4.88 Å². The predicted octanol–water partition coefficient (Wildman–Crippen LogP) is 3.10. The van der Waals surface area contributed by atoms with E-state index in [4.69, 9.17) is 0 Å². The molecule has 0 fully saturated rings. The average Bonchev–Trinajstić information content (AvgIpc) is 2.47. The van der Waals surface area contributed by atoms with E-state index < -0.39 is 12.1 Å². The van der Waals surface area contributed by atoms with Crippen molar-refractivity contribution < 1.29 is 13.2 Å². The topological polar surface area (TPSA) is 12.0 Å². The molecule has 0 aliphatic carbocycles. The zero-order valence-corrected chi connectivity index (χ0v) is 9.84. The number of fused-ring (bicyclic) bond motifs is 1. The van der Waals surface area contributed by atoms with Gasteiger partial charge in [0.2, 0.25) is 0 Å². The molecule has 2 heterocycles. The number of hydrogen-bond acceptors (Lipinski definition) is 2. The number of hydrogen-bond donors (Lipinski definition) is 1. The van der Waals surface area contributed by atoms with Gasteiger partial charge in [-0.15, -0.1) is 11.3 Å². The molecular formula is C11H14F3NS. The van der Waals surface area contributed by atoms with Gasteiger partial charge in [0.05, 0.1) is 5.92 Å². The molecule has 90 valence electrons. The third-order valence-corrected chi connectivity index (χ3v) is 4.35. The Hall–Kier alpha value is -0.550. The number of nitrogens with one attached hydrogen (secondary N) is 1. The fourth-order valence-corrected chi connectivity index (χ4v) is 3.13. The third kappa shape index (κ3) is 2.40. The largest absolute Gasteiger partial charge is 0.396 e. The van der Waals surface area contributed by atoms with Gasteiger partial charge >= 0.3 is 6.18 Å². The Labute approximate surface area is 96.7 Å². The molecule has 0 unspecified atom stereocenters. The summed E-state index contributed by atoms with van der Waals surface area (Å²) >= 11 is 1.32. The Kier molecular flexibility index (Phi) is 3.26. The van der Waals surface area contributed by atoms with Gasteiger partial charge < -0.3 is 5.32 Å². The molecule has 16 heavy (non-hydrogen) atoms. The van der Waals surface area contributed by atoms with Crippen molar-refractivity contribution in [1.82, 2.24) is 5.32 Å². The van der Waals surface area contributed by atoms with Crippen molar-refractivity contribution in [3.63, 3.8) is 0 Å². The molecule has 0 spiro atoms. The van der Waals surface area contributed by atoms with Gasteiger partial charge in [-0.25, -0.2) is 0 Å². The number of halogens is 3. The molecular weight excluding hydrogens is 235 g/mol. The van der Waals surface area contributed by atoms with E-state index in [9.17, 15) is 13.2 Å². The van der Waals surface area contributed by atoms with Crippen LogP contribution in [-0.4, -0.2) is 19.3 Å². The fourth-order valence-electron chi connectivity index (χ4n) is 1.84. The summed E-state index contributed by atoms with van der Waals surface area (Å²) in [6.45, 7) is 2.97. The van der Waals surface area contributed by atoms with Crippen LogP contribution in [0, 0.1) is 0 Å². The molecule has 1 aliphatic heterocycles. The molecule has 1 atom stereocenters. The van der Waals surface area contributed by atoms with Gasteiger partial charge in [-0.3, -0.25) is 0 Å². The van der Waals surface area contributed by atoms with Gasteiger partial charge in [0, 0.05) is 9.75 Å². The Balaban J connectivity index is 2.24. The molecule has 1 aromatic rings. The van der Waals surface area contributed by atoms with E-state index in [0.717, 1.165) is 36.4 Å².